The van der Waals surface area contributed by atoms with E-state index in [9.17, 15) is 14.3 Å². The van der Waals surface area contributed by atoms with Gasteiger partial charge in [0.2, 0.25) is 0 Å². The van der Waals surface area contributed by atoms with E-state index >= 15 is 0 Å². The van der Waals surface area contributed by atoms with Crippen LogP contribution in [0, 0.1) is 0 Å². The number of carbonyl (C=O) groups is 1. The Balaban J connectivity index is 4.25. The summed E-state index contributed by atoms with van der Waals surface area (Å²) in [6.45, 7) is 5.44. The first-order valence-corrected chi connectivity index (χ1v) is 21.2. The molecule has 2 unspecified atom stereocenters. The fraction of sp³-hybridized carbons (Fsp3) is 0.974. The van der Waals surface area contributed by atoms with Crippen LogP contribution in [0.5, 0.6) is 0 Å². The molecule has 0 amide bonds. The van der Waals surface area contributed by atoms with E-state index in [-0.39, 0.29) is 25.8 Å². The van der Waals surface area contributed by atoms with E-state index in [1.165, 1.54) is 128 Å². The van der Waals surface area contributed by atoms with Crippen molar-refractivity contribution in [2.45, 2.75) is 187 Å². The highest BCUT2D eigenvalue weighted by Gasteiger charge is 2.20. The molecule has 0 bridgehead atoms. The molecule has 0 N–H and O–H groups in total. The molecule has 0 aliphatic carbocycles. The summed E-state index contributed by atoms with van der Waals surface area (Å²) in [5.41, 5.74) is 0. The minimum Gasteiger partial charge on any atom is -0.756 e. The molecule has 0 aliphatic heterocycles. The van der Waals surface area contributed by atoms with E-state index < -0.39 is 13.9 Å². The summed E-state index contributed by atoms with van der Waals surface area (Å²) in [6, 6.07) is 0. The van der Waals surface area contributed by atoms with Crippen molar-refractivity contribution in [3.8, 4) is 0 Å². The molecule has 0 aromatic heterocycles. The average molecular weight is 692 g/mol. The first-order chi connectivity index (χ1) is 22.6. The van der Waals surface area contributed by atoms with Crippen LogP contribution in [0.4, 0.5) is 0 Å². The summed E-state index contributed by atoms with van der Waals surface area (Å²) in [4.78, 5) is 24.9. The summed E-state index contributed by atoms with van der Waals surface area (Å²) in [7, 11) is 1.37. The predicted molar refractivity (Wildman–Crippen MR) is 194 cm³/mol. The number of hydrogen-bond acceptors (Lipinski definition) is 7. The second-order valence-corrected chi connectivity index (χ2v) is 16.1. The van der Waals surface area contributed by atoms with Crippen molar-refractivity contribution < 1.29 is 37.3 Å². The lowest BCUT2D eigenvalue weighted by molar-refractivity contribution is -0.870. The molecule has 0 spiro atoms. The molecule has 8 nitrogen and oxygen atoms in total. The lowest BCUT2D eigenvalue weighted by atomic mass is 10.0. The Kier molecular flexibility index (Phi) is 32.3. The molecule has 0 saturated heterocycles. The van der Waals surface area contributed by atoms with Crippen LogP contribution in [-0.4, -0.2) is 70.7 Å². The number of nitrogens with zero attached hydrogens (tertiary/aromatic N) is 1. The second kappa shape index (κ2) is 32.7. The average Bonchev–Trinajstić information content (AvgIpc) is 3.01. The monoisotopic (exact) mass is 692 g/mol. The van der Waals surface area contributed by atoms with Gasteiger partial charge in [-0.05, 0) is 12.8 Å². The molecule has 0 aromatic rings. The zero-order chi connectivity index (χ0) is 34.9. The van der Waals surface area contributed by atoms with Gasteiger partial charge in [0.1, 0.15) is 19.3 Å². The summed E-state index contributed by atoms with van der Waals surface area (Å²) in [5.74, 6) is -0.332. The molecule has 0 heterocycles. The first kappa shape index (κ1) is 46.5. The van der Waals surface area contributed by atoms with Crippen molar-refractivity contribution in [3.63, 3.8) is 0 Å². The fourth-order valence-corrected chi connectivity index (χ4v) is 6.27. The van der Waals surface area contributed by atoms with Crippen molar-refractivity contribution in [2.24, 2.45) is 0 Å². The number of phosphoric ester groups is 1. The van der Waals surface area contributed by atoms with E-state index in [4.69, 9.17) is 18.5 Å². The molecular weight excluding hydrogens is 613 g/mol. The zero-order valence-electron chi connectivity index (χ0n) is 31.7. The maximum Gasteiger partial charge on any atom is 0.306 e. The van der Waals surface area contributed by atoms with E-state index in [1.54, 1.807) is 0 Å². The number of phosphoric acid groups is 1. The van der Waals surface area contributed by atoms with Gasteiger partial charge < -0.3 is 27.9 Å². The molecule has 0 rings (SSSR count). The van der Waals surface area contributed by atoms with Crippen LogP contribution in [0.15, 0.2) is 0 Å². The first-order valence-electron chi connectivity index (χ1n) is 19.8. The molecule has 2 atom stereocenters. The molecular formula is C38H78NO7P. The maximum absolute atomic E-state index is 12.6. The SMILES string of the molecule is CCCCCCCCCCCCCCCOCC(COP(=O)([O-])OCC[N+](C)(C)C)OC(=O)CCCCCCCCCCCCCC. The highest BCUT2D eigenvalue weighted by Crippen LogP contribution is 2.38. The van der Waals surface area contributed by atoms with Crippen LogP contribution in [0.25, 0.3) is 0 Å². The van der Waals surface area contributed by atoms with Crippen LogP contribution in [-0.2, 0) is 27.9 Å². The third-order valence-corrected chi connectivity index (χ3v) is 9.62. The van der Waals surface area contributed by atoms with E-state index in [2.05, 4.69) is 13.8 Å². The Morgan fingerprint density at radius 3 is 1.40 bits per heavy atom. The van der Waals surface area contributed by atoms with Gasteiger partial charge in [-0.25, -0.2) is 0 Å². The van der Waals surface area contributed by atoms with E-state index in [0.717, 1.165) is 32.1 Å². The third kappa shape index (κ3) is 36.6. The van der Waals surface area contributed by atoms with Crippen molar-refractivity contribution in [2.75, 3.05) is 54.1 Å². The Morgan fingerprint density at radius 1 is 0.574 bits per heavy atom. The lowest BCUT2D eigenvalue weighted by Crippen LogP contribution is -2.37. The normalized spacial score (nSPS) is 13.9. The number of rotatable bonds is 37. The number of carbonyl (C=O) groups excluding carboxylic acids is 1. The number of esters is 1. The standard InChI is InChI=1S/C38H78NO7P/c1-6-8-10-12-14-16-18-20-22-24-26-28-30-33-43-35-37(36-45-47(41,42)44-34-32-39(3,4)5)46-38(40)31-29-27-25-23-21-19-17-15-13-11-9-7-2/h37H,6-36H2,1-5H3. The topological polar surface area (TPSA) is 94.1 Å². The van der Waals surface area contributed by atoms with Gasteiger partial charge in [0.15, 0.2) is 0 Å². The van der Waals surface area contributed by atoms with Gasteiger partial charge in [0, 0.05) is 13.0 Å². The van der Waals surface area contributed by atoms with Gasteiger partial charge in [-0.3, -0.25) is 9.36 Å². The van der Waals surface area contributed by atoms with Gasteiger partial charge in [-0.2, -0.15) is 0 Å². The molecule has 282 valence electrons. The number of hydrogen-bond donors (Lipinski definition) is 0. The predicted octanol–water partition coefficient (Wildman–Crippen LogP) is 10.3. The summed E-state index contributed by atoms with van der Waals surface area (Å²) in [5, 5.41) is 0. The summed E-state index contributed by atoms with van der Waals surface area (Å²) >= 11 is 0. The Bertz CT molecular complexity index is 731. The highest BCUT2D eigenvalue weighted by atomic mass is 31.2. The van der Waals surface area contributed by atoms with Gasteiger partial charge in [0.25, 0.3) is 7.82 Å². The number of quaternary nitrogens is 1. The third-order valence-electron chi connectivity index (χ3n) is 8.66. The Morgan fingerprint density at radius 2 is 0.979 bits per heavy atom. The lowest BCUT2D eigenvalue weighted by Gasteiger charge is -2.28. The molecule has 9 heteroatoms. The summed E-state index contributed by atoms with van der Waals surface area (Å²) < 4.78 is 34.5. The van der Waals surface area contributed by atoms with Gasteiger partial charge >= 0.3 is 5.97 Å². The van der Waals surface area contributed by atoms with E-state index in [0.29, 0.717) is 24.1 Å². The fourth-order valence-electron chi connectivity index (χ4n) is 5.55. The van der Waals surface area contributed by atoms with Crippen LogP contribution >= 0.6 is 7.82 Å². The highest BCUT2D eigenvalue weighted by molar-refractivity contribution is 7.45. The second-order valence-electron chi connectivity index (χ2n) is 14.7. The zero-order valence-corrected chi connectivity index (χ0v) is 32.6. The minimum atomic E-state index is -4.51. The molecule has 0 saturated carbocycles. The van der Waals surface area contributed by atoms with Crippen molar-refractivity contribution in [3.05, 3.63) is 0 Å². The van der Waals surface area contributed by atoms with Crippen molar-refractivity contribution in [1.29, 1.82) is 0 Å². The summed E-state index contributed by atoms with van der Waals surface area (Å²) in [6.07, 6.45) is 31.0. The molecule has 0 aliphatic rings. The maximum atomic E-state index is 12.6. The van der Waals surface area contributed by atoms with Gasteiger partial charge in [-0.1, -0.05) is 162 Å². The number of likely N-dealkylation sites (N-methyl/N-ethyl adjacent to an activating group) is 1. The minimum absolute atomic E-state index is 0.0310. The molecule has 47 heavy (non-hydrogen) atoms. The van der Waals surface area contributed by atoms with Crippen LogP contribution in [0.2, 0.25) is 0 Å². The largest absolute Gasteiger partial charge is 0.756 e. The Labute approximate surface area is 291 Å². The van der Waals surface area contributed by atoms with Crippen molar-refractivity contribution >= 4 is 13.8 Å². The molecule has 0 radical (unpaired) electrons. The smallest absolute Gasteiger partial charge is 0.306 e. The van der Waals surface area contributed by atoms with E-state index in [1.807, 2.05) is 21.1 Å². The molecule has 0 aromatic carbocycles. The van der Waals surface area contributed by atoms with Crippen LogP contribution < -0.4 is 4.89 Å². The number of unbranched alkanes of at least 4 members (excludes halogenated alkanes) is 23. The van der Waals surface area contributed by atoms with Gasteiger partial charge in [-0.15, -0.1) is 0 Å². The van der Waals surface area contributed by atoms with Crippen LogP contribution in [0.3, 0.4) is 0 Å². The number of ether oxygens (including phenoxy) is 2. The Hall–Kier alpha value is -0.500. The quantitative estimate of drug-likeness (QED) is 0.0277. The van der Waals surface area contributed by atoms with Crippen LogP contribution in [0.1, 0.15) is 181 Å². The van der Waals surface area contributed by atoms with Crippen molar-refractivity contribution in [1.82, 2.24) is 0 Å². The molecule has 0 fully saturated rings. The van der Waals surface area contributed by atoms with Gasteiger partial charge in [0.05, 0.1) is 34.4 Å².